The lowest BCUT2D eigenvalue weighted by atomic mass is 9.97. The van der Waals surface area contributed by atoms with Gasteiger partial charge in [0.2, 0.25) is 6.79 Å². The summed E-state index contributed by atoms with van der Waals surface area (Å²) >= 11 is 0. The zero-order valence-corrected chi connectivity index (χ0v) is 13.7. The summed E-state index contributed by atoms with van der Waals surface area (Å²) in [4.78, 5) is 12.0. The minimum Gasteiger partial charge on any atom is -0.454 e. The van der Waals surface area contributed by atoms with Crippen molar-refractivity contribution in [2.45, 2.75) is 57.5 Å². The number of benzene rings is 1. The van der Waals surface area contributed by atoms with E-state index in [0.29, 0.717) is 19.1 Å². The fourth-order valence-electron chi connectivity index (χ4n) is 3.32. The molecule has 0 unspecified atom stereocenters. The van der Waals surface area contributed by atoms with Gasteiger partial charge in [0, 0.05) is 6.54 Å². The summed E-state index contributed by atoms with van der Waals surface area (Å²) in [6, 6.07) is 6.41. The predicted octanol–water partition coefficient (Wildman–Crippen LogP) is 1.71. The molecule has 23 heavy (non-hydrogen) atoms. The molecule has 1 aromatic carbocycles. The maximum Gasteiger partial charge on any atom is 0.275 e. The third-order valence-electron chi connectivity index (χ3n) is 4.71. The number of hydrogen-bond acceptors (Lipinski definition) is 3. The lowest BCUT2D eigenvalue weighted by Crippen LogP contribution is -2.92. The third kappa shape index (κ3) is 4.86. The van der Waals surface area contributed by atoms with Gasteiger partial charge in [-0.1, -0.05) is 25.3 Å². The van der Waals surface area contributed by atoms with Crippen LogP contribution in [-0.4, -0.2) is 25.3 Å². The van der Waals surface area contributed by atoms with Crippen LogP contribution in [0.25, 0.3) is 0 Å². The van der Waals surface area contributed by atoms with Crippen LogP contribution in [0.1, 0.15) is 50.5 Å². The van der Waals surface area contributed by atoms with E-state index in [2.05, 4.69) is 10.6 Å². The van der Waals surface area contributed by atoms with E-state index in [1.165, 1.54) is 44.9 Å². The van der Waals surface area contributed by atoms with Crippen molar-refractivity contribution in [3.05, 3.63) is 23.8 Å². The van der Waals surface area contributed by atoms with Gasteiger partial charge in [-0.3, -0.25) is 4.79 Å². The van der Waals surface area contributed by atoms with E-state index in [0.717, 1.165) is 17.1 Å². The number of rotatable bonds is 5. The molecule has 3 N–H and O–H groups in total. The molecule has 1 heterocycles. The zero-order valence-electron chi connectivity index (χ0n) is 13.7. The van der Waals surface area contributed by atoms with Crippen molar-refractivity contribution in [3.8, 4) is 11.5 Å². The van der Waals surface area contributed by atoms with Crippen LogP contribution in [0.4, 0.5) is 0 Å². The normalized spacial score (nSPS) is 18.3. The average molecular weight is 319 g/mol. The molecule has 0 spiro atoms. The molecule has 5 heteroatoms. The Labute approximate surface area is 137 Å². The Morgan fingerprint density at radius 3 is 2.65 bits per heavy atom. The molecule has 0 atom stereocenters. The SMILES string of the molecule is O=C(C[NH2+]C1CCCCCCC1)NCc1ccc2c(c1)OCO2. The standard InChI is InChI=1S/C18H26N2O3/c21-18(12-19-15-6-4-2-1-3-5-7-15)20-11-14-8-9-16-17(10-14)23-13-22-16/h8-10,15,19H,1-7,11-13H2,(H,20,21)/p+1. The second-order valence-corrected chi connectivity index (χ2v) is 6.51. The van der Waals surface area contributed by atoms with Crippen molar-refractivity contribution < 1.29 is 19.6 Å². The number of hydrogen-bond donors (Lipinski definition) is 2. The molecular formula is C18H27N2O3+. The molecule has 1 aliphatic carbocycles. The summed E-state index contributed by atoms with van der Waals surface area (Å²) < 4.78 is 10.6. The number of quaternary nitrogens is 1. The Kier molecular flexibility index (Phi) is 5.75. The van der Waals surface area contributed by atoms with E-state index in [9.17, 15) is 4.79 Å². The van der Waals surface area contributed by atoms with Crippen molar-refractivity contribution in [1.82, 2.24) is 5.32 Å². The van der Waals surface area contributed by atoms with Crippen LogP contribution < -0.4 is 20.1 Å². The molecule has 5 nitrogen and oxygen atoms in total. The highest BCUT2D eigenvalue weighted by molar-refractivity contribution is 5.76. The summed E-state index contributed by atoms with van der Waals surface area (Å²) in [5, 5.41) is 5.21. The monoisotopic (exact) mass is 319 g/mol. The molecule has 1 fully saturated rings. The van der Waals surface area contributed by atoms with Gasteiger partial charge in [-0.25, -0.2) is 0 Å². The zero-order chi connectivity index (χ0) is 15.9. The molecule has 3 rings (SSSR count). The first-order chi connectivity index (χ1) is 11.3. The molecule has 0 aromatic heterocycles. The molecule has 1 aromatic rings. The highest BCUT2D eigenvalue weighted by Crippen LogP contribution is 2.32. The molecule has 1 amide bonds. The fraction of sp³-hybridized carbons (Fsp3) is 0.611. The van der Waals surface area contributed by atoms with Crippen LogP contribution >= 0.6 is 0 Å². The number of carbonyl (C=O) groups excluding carboxylic acids is 1. The summed E-state index contributed by atoms with van der Waals surface area (Å²) in [6.07, 6.45) is 9.18. The Morgan fingerprint density at radius 1 is 1.09 bits per heavy atom. The maximum absolute atomic E-state index is 12.0. The average Bonchev–Trinajstić information content (AvgIpc) is 2.99. The van der Waals surface area contributed by atoms with Crippen LogP contribution in [0.15, 0.2) is 18.2 Å². The summed E-state index contributed by atoms with van der Waals surface area (Å²) in [7, 11) is 0. The minimum atomic E-state index is 0.102. The van der Waals surface area contributed by atoms with Gasteiger partial charge in [0.1, 0.15) is 0 Å². The van der Waals surface area contributed by atoms with E-state index in [4.69, 9.17) is 9.47 Å². The van der Waals surface area contributed by atoms with Gasteiger partial charge in [-0.2, -0.15) is 0 Å². The lowest BCUT2D eigenvalue weighted by Gasteiger charge is -2.18. The first-order valence-electron chi connectivity index (χ1n) is 8.80. The van der Waals surface area contributed by atoms with Crippen molar-refractivity contribution in [3.63, 3.8) is 0 Å². The fourth-order valence-corrected chi connectivity index (χ4v) is 3.32. The molecular weight excluding hydrogens is 292 g/mol. The smallest absolute Gasteiger partial charge is 0.275 e. The van der Waals surface area contributed by atoms with E-state index >= 15 is 0 Å². The van der Waals surface area contributed by atoms with Gasteiger partial charge >= 0.3 is 0 Å². The molecule has 126 valence electrons. The van der Waals surface area contributed by atoms with Gasteiger partial charge in [0.05, 0.1) is 6.04 Å². The molecule has 1 aliphatic heterocycles. The maximum atomic E-state index is 12.0. The van der Waals surface area contributed by atoms with Gasteiger partial charge in [0.15, 0.2) is 18.0 Å². The quantitative estimate of drug-likeness (QED) is 0.868. The number of nitrogens with two attached hydrogens (primary N) is 1. The lowest BCUT2D eigenvalue weighted by molar-refractivity contribution is -0.680. The van der Waals surface area contributed by atoms with Crippen molar-refractivity contribution in [2.75, 3.05) is 13.3 Å². The summed E-state index contributed by atoms with van der Waals surface area (Å²) in [5.74, 6) is 1.64. The van der Waals surface area contributed by atoms with Crippen molar-refractivity contribution in [1.29, 1.82) is 0 Å². The van der Waals surface area contributed by atoms with Gasteiger partial charge < -0.3 is 20.1 Å². The van der Waals surface area contributed by atoms with E-state index in [1.807, 2.05) is 18.2 Å². The van der Waals surface area contributed by atoms with E-state index in [1.54, 1.807) is 0 Å². The minimum absolute atomic E-state index is 0.102. The number of nitrogens with one attached hydrogen (secondary N) is 1. The largest absolute Gasteiger partial charge is 0.454 e. The molecule has 2 aliphatic rings. The van der Waals surface area contributed by atoms with Crippen LogP contribution in [0, 0.1) is 0 Å². The molecule has 0 bridgehead atoms. The number of amides is 1. The van der Waals surface area contributed by atoms with Crippen LogP contribution in [0.3, 0.4) is 0 Å². The summed E-state index contributed by atoms with van der Waals surface area (Å²) in [5.41, 5.74) is 1.04. The highest BCUT2D eigenvalue weighted by Gasteiger charge is 2.16. The summed E-state index contributed by atoms with van der Waals surface area (Å²) in [6.45, 7) is 1.34. The molecule has 0 radical (unpaired) electrons. The Balaban J connectivity index is 1.39. The first kappa shape index (κ1) is 16.1. The van der Waals surface area contributed by atoms with Crippen LogP contribution in [0.2, 0.25) is 0 Å². The first-order valence-corrected chi connectivity index (χ1v) is 8.80. The number of carbonyl (C=O) groups is 1. The van der Waals surface area contributed by atoms with Crippen LogP contribution in [-0.2, 0) is 11.3 Å². The molecule has 0 saturated heterocycles. The van der Waals surface area contributed by atoms with E-state index < -0.39 is 0 Å². The molecule has 1 saturated carbocycles. The highest BCUT2D eigenvalue weighted by atomic mass is 16.7. The van der Waals surface area contributed by atoms with Gasteiger partial charge in [0.25, 0.3) is 5.91 Å². The van der Waals surface area contributed by atoms with Crippen molar-refractivity contribution in [2.24, 2.45) is 0 Å². The van der Waals surface area contributed by atoms with Crippen molar-refractivity contribution >= 4 is 5.91 Å². The second kappa shape index (κ2) is 8.20. The topological polar surface area (TPSA) is 64.2 Å². The number of ether oxygens (including phenoxy) is 2. The Hall–Kier alpha value is -1.75. The van der Waals surface area contributed by atoms with Crippen LogP contribution in [0.5, 0.6) is 11.5 Å². The Morgan fingerprint density at radius 2 is 1.83 bits per heavy atom. The second-order valence-electron chi connectivity index (χ2n) is 6.51. The third-order valence-corrected chi connectivity index (χ3v) is 4.71. The Bertz CT molecular complexity index is 525. The van der Waals surface area contributed by atoms with E-state index in [-0.39, 0.29) is 12.7 Å². The number of fused-ring (bicyclic) bond motifs is 1. The predicted molar refractivity (Wildman–Crippen MR) is 87.3 cm³/mol. The van der Waals surface area contributed by atoms with Gasteiger partial charge in [-0.15, -0.1) is 0 Å². The van der Waals surface area contributed by atoms with Gasteiger partial charge in [-0.05, 0) is 43.4 Å².